The fourth-order valence-corrected chi connectivity index (χ4v) is 4.17. The number of carbonyl (C=O) groups is 2. The molecule has 0 saturated carbocycles. The summed E-state index contributed by atoms with van der Waals surface area (Å²) in [4.78, 5) is 33.0. The lowest BCUT2D eigenvalue weighted by molar-refractivity contribution is -0.146. The lowest BCUT2D eigenvalue weighted by atomic mass is 9.98. The Bertz CT molecular complexity index is 1100. The number of carbonyl (C=O) groups excluding carboxylic acids is 2. The van der Waals surface area contributed by atoms with Crippen LogP contribution in [0.5, 0.6) is 0 Å². The number of methoxy groups -OCH3 is 1. The van der Waals surface area contributed by atoms with Crippen LogP contribution < -0.4 is 0 Å². The molecule has 0 radical (unpaired) electrons. The van der Waals surface area contributed by atoms with Gasteiger partial charge in [0.2, 0.25) is 0 Å². The van der Waals surface area contributed by atoms with Crippen LogP contribution in [0.4, 0.5) is 4.79 Å². The Labute approximate surface area is 179 Å². The van der Waals surface area contributed by atoms with E-state index in [4.69, 9.17) is 9.57 Å². The van der Waals surface area contributed by atoms with Crippen LogP contribution in [-0.2, 0) is 27.5 Å². The Kier molecular flexibility index (Phi) is 4.91. The Hall–Kier alpha value is -3.65. The minimum Gasteiger partial charge on any atom is -0.467 e. The Balaban J connectivity index is 1.46. The van der Waals surface area contributed by atoms with Crippen molar-refractivity contribution in [3.8, 4) is 0 Å². The molecule has 1 saturated heterocycles. The van der Waals surface area contributed by atoms with Gasteiger partial charge in [-0.25, -0.2) is 9.59 Å². The van der Waals surface area contributed by atoms with Gasteiger partial charge < -0.3 is 9.64 Å². The highest BCUT2D eigenvalue weighted by molar-refractivity contribution is 5.87. The first-order valence-corrected chi connectivity index (χ1v) is 10.1. The van der Waals surface area contributed by atoms with Gasteiger partial charge in [-0.1, -0.05) is 60.7 Å². The predicted octanol–water partition coefficient (Wildman–Crippen LogP) is 3.07. The van der Waals surface area contributed by atoms with Crippen molar-refractivity contribution in [1.82, 2.24) is 19.7 Å². The second-order valence-corrected chi connectivity index (χ2v) is 7.61. The highest BCUT2D eigenvalue weighted by Crippen LogP contribution is 2.44. The van der Waals surface area contributed by atoms with Gasteiger partial charge in [0, 0.05) is 11.8 Å². The van der Waals surface area contributed by atoms with Crippen molar-refractivity contribution < 1.29 is 19.2 Å². The van der Waals surface area contributed by atoms with Crippen LogP contribution in [-0.4, -0.2) is 45.4 Å². The number of hydroxylamine groups is 2. The third-order valence-electron chi connectivity index (χ3n) is 5.66. The molecule has 1 aromatic heterocycles. The van der Waals surface area contributed by atoms with Crippen molar-refractivity contribution in [1.29, 1.82) is 0 Å². The zero-order valence-electron chi connectivity index (χ0n) is 17.0. The van der Waals surface area contributed by atoms with Gasteiger partial charge in [-0.3, -0.25) is 9.52 Å². The molecule has 2 amide bonds. The third-order valence-corrected chi connectivity index (χ3v) is 5.66. The second-order valence-electron chi connectivity index (χ2n) is 7.61. The molecule has 2 aliphatic heterocycles. The first kappa shape index (κ1) is 19.3. The summed E-state index contributed by atoms with van der Waals surface area (Å²) in [5.74, 6) is -0.511. The normalized spacial score (nSPS) is 19.5. The van der Waals surface area contributed by atoms with E-state index in [2.05, 4.69) is 5.10 Å². The number of nitrogens with zero attached hydrogens (tertiary/aromatic N) is 4. The highest BCUT2D eigenvalue weighted by atomic mass is 16.7. The number of urea groups is 1. The molecule has 0 spiro atoms. The van der Waals surface area contributed by atoms with Gasteiger partial charge in [0.25, 0.3) is 0 Å². The summed E-state index contributed by atoms with van der Waals surface area (Å²) in [7, 11) is 1.32. The monoisotopic (exact) mass is 418 g/mol. The zero-order chi connectivity index (χ0) is 21.4. The molecule has 2 atom stereocenters. The summed E-state index contributed by atoms with van der Waals surface area (Å²) < 4.78 is 6.80. The predicted molar refractivity (Wildman–Crippen MR) is 110 cm³/mol. The maximum Gasteiger partial charge on any atom is 0.345 e. The minimum absolute atomic E-state index is 0.257. The first-order valence-electron chi connectivity index (χ1n) is 10.1. The maximum absolute atomic E-state index is 13.1. The van der Waals surface area contributed by atoms with E-state index in [1.165, 1.54) is 17.1 Å². The van der Waals surface area contributed by atoms with Gasteiger partial charge in [-0.2, -0.15) is 10.2 Å². The Morgan fingerprint density at radius 1 is 1.06 bits per heavy atom. The maximum atomic E-state index is 13.1. The Morgan fingerprint density at radius 3 is 2.42 bits per heavy atom. The number of fused-ring (bicyclic) bond motifs is 4. The summed E-state index contributed by atoms with van der Waals surface area (Å²) in [5.41, 5.74) is 3.40. The standard InChI is InChI=1S/C23H22N4O4/c1-30-22(28)21-20-18(13-25(24-20)12-16-8-4-2-5-9-16)19-14-26(21)23(29)27(19)31-15-17-10-6-3-7-11-17/h2-11,13,19,21H,12,14-15H2,1H3/t19-,21-/m0/s1. The van der Waals surface area contributed by atoms with Crippen molar-refractivity contribution in [3.63, 3.8) is 0 Å². The molecule has 2 aliphatic rings. The fourth-order valence-electron chi connectivity index (χ4n) is 4.17. The van der Waals surface area contributed by atoms with E-state index in [0.29, 0.717) is 18.8 Å². The molecular formula is C23H22N4O4. The topological polar surface area (TPSA) is 76.9 Å². The summed E-state index contributed by atoms with van der Waals surface area (Å²) in [6.45, 7) is 1.16. The van der Waals surface area contributed by atoms with E-state index < -0.39 is 12.0 Å². The molecule has 8 heteroatoms. The molecule has 5 rings (SSSR count). The number of ether oxygens (including phenoxy) is 1. The van der Waals surface area contributed by atoms with Crippen molar-refractivity contribution in [2.24, 2.45) is 0 Å². The smallest absolute Gasteiger partial charge is 0.345 e. The van der Waals surface area contributed by atoms with Gasteiger partial charge in [0.05, 0.1) is 20.2 Å². The molecule has 3 heterocycles. The van der Waals surface area contributed by atoms with Crippen molar-refractivity contribution >= 4 is 12.0 Å². The van der Waals surface area contributed by atoms with Crippen LogP contribution in [0.1, 0.15) is 34.5 Å². The zero-order valence-corrected chi connectivity index (χ0v) is 17.0. The molecule has 0 unspecified atom stereocenters. The average Bonchev–Trinajstić information content (AvgIpc) is 3.34. The molecule has 3 aromatic rings. The number of aromatic nitrogens is 2. The van der Waals surface area contributed by atoms with E-state index in [0.717, 1.165) is 16.7 Å². The van der Waals surface area contributed by atoms with Crippen molar-refractivity contribution in [2.75, 3.05) is 13.7 Å². The first-order chi connectivity index (χ1) is 15.2. The van der Waals surface area contributed by atoms with E-state index in [1.807, 2.05) is 66.9 Å². The summed E-state index contributed by atoms with van der Waals surface area (Å²) in [6, 6.07) is 18.0. The second kappa shape index (κ2) is 7.88. The van der Waals surface area contributed by atoms with Crippen molar-refractivity contribution in [2.45, 2.75) is 25.2 Å². The molecule has 2 aromatic carbocycles. The van der Waals surface area contributed by atoms with Gasteiger partial charge in [0.15, 0.2) is 6.04 Å². The lowest BCUT2D eigenvalue weighted by Crippen LogP contribution is -2.39. The quantitative estimate of drug-likeness (QED) is 0.575. The summed E-state index contributed by atoms with van der Waals surface area (Å²) in [5, 5.41) is 6.03. The van der Waals surface area contributed by atoms with Gasteiger partial charge in [0.1, 0.15) is 18.3 Å². The van der Waals surface area contributed by atoms with E-state index in [-0.39, 0.29) is 18.7 Å². The number of hydrogen-bond donors (Lipinski definition) is 0. The fraction of sp³-hybridized carbons (Fsp3) is 0.261. The highest BCUT2D eigenvalue weighted by Gasteiger charge is 2.53. The lowest BCUT2D eigenvalue weighted by Gasteiger charge is -2.27. The summed E-state index contributed by atoms with van der Waals surface area (Å²) in [6.07, 6.45) is 1.90. The molecule has 0 N–H and O–H groups in total. The van der Waals surface area contributed by atoms with Gasteiger partial charge in [-0.15, -0.1) is 0 Å². The molecule has 1 fully saturated rings. The average molecular weight is 418 g/mol. The van der Waals surface area contributed by atoms with Crippen LogP contribution in [0.2, 0.25) is 0 Å². The van der Waals surface area contributed by atoms with Crippen LogP contribution in [0, 0.1) is 0 Å². The number of esters is 1. The summed E-state index contributed by atoms with van der Waals surface area (Å²) >= 11 is 0. The largest absolute Gasteiger partial charge is 0.467 e. The van der Waals surface area contributed by atoms with E-state index >= 15 is 0 Å². The van der Waals surface area contributed by atoms with Crippen LogP contribution in [0.3, 0.4) is 0 Å². The number of rotatable bonds is 6. The molecule has 8 nitrogen and oxygen atoms in total. The van der Waals surface area contributed by atoms with Gasteiger partial charge >= 0.3 is 12.0 Å². The van der Waals surface area contributed by atoms with Crippen molar-refractivity contribution in [3.05, 3.63) is 89.2 Å². The molecular weight excluding hydrogens is 396 g/mol. The van der Waals surface area contributed by atoms with Crippen LogP contribution >= 0.6 is 0 Å². The molecule has 0 aliphatic carbocycles. The van der Waals surface area contributed by atoms with E-state index in [1.54, 1.807) is 4.68 Å². The Morgan fingerprint density at radius 2 is 1.74 bits per heavy atom. The molecule has 31 heavy (non-hydrogen) atoms. The SMILES string of the molecule is COC(=O)[C@@H]1c2nn(Cc3ccccc3)cc2[C@@H]2CN1C(=O)N2OCc1ccccc1. The van der Waals surface area contributed by atoms with E-state index in [9.17, 15) is 9.59 Å². The minimum atomic E-state index is -0.883. The molecule has 2 bridgehead atoms. The third kappa shape index (κ3) is 3.44. The number of amides is 2. The van der Waals surface area contributed by atoms with Crippen LogP contribution in [0.25, 0.3) is 0 Å². The molecule has 158 valence electrons. The van der Waals surface area contributed by atoms with Crippen LogP contribution in [0.15, 0.2) is 66.9 Å². The van der Waals surface area contributed by atoms with Gasteiger partial charge in [-0.05, 0) is 11.1 Å². The number of benzene rings is 2. The number of hydrogen-bond acceptors (Lipinski definition) is 5.